The van der Waals surface area contributed by atoms with Crippen molar-refractivity contribution in [1.29, 1.82) is 0 Å². The Bertz CT molecular complexity index is 676. The average molecular weight is 308 g/mol. The summed E-state index contributed by atoms with van der Waals surface area (Å²) in [5, 5.41) is 3.87. The highest BCUT2D eigenvalue weighted by molar-refractivity contribution is 5.83. The Morgan fingerprint density at radius 2 is 1.83 bits per heavy atom. The molecule has 4 heteroatoms. The Kier molecular flexibility index (Phi) is 6.12. The van der Waals surface area contributed by atoms with Crippen LogP contribution in [-0.2, 0) is 4.79 Å². The number of benzene rings is 2. The maximum Gasteiger partial charge on any atom is 0.280 e. The zero-order chi connectivity index (χ0) is 16.5. The molecule has 2 aromatic carbocycles. The third-order valence-electron chi connectivity index (χ3n) is 3.13. The lowest BCUT2D eigenvalue weighted by molar-refractivity contribution is -0.127. The van der Waals surface area contributed by atoms with Crippen LogP contribution in [0.15, 0.2) is 65.8 Å². The molecular formula is C19H20N2O2. The van der Waals surface area contributed by atoms with Crippen LogP contribution in [0, 0.1) is 6.92 Å². The molecule has 118 valence electrons. The van der Waals surface area contributed by atoms with Gasteiger partial charge < -0.3 is 4.74 Å². The third kappa shape index (κ3) is 5.79. The number of carbonyl (C=O) groups excluding carboxylic acids is 1. The van der Waals surface area contributed by atoms with Gasteiger partial charge in [-0.1, -0.05) is 54.1 Å². The number of aryl methyl sites for hydroxylation is 1. The van der Waals surface area contributed by atoms with Gasteiger partial charge in [0, 0.05) is 6.21 Å². The lowest BCUT2D eigenvalue weighted by Gasteiger charge is -2.12. The van der Waals surface area contributed by atoms with Gasteiger partial charge >= 0.3 is 0 Å². The first-order valence-electron chi connectivity index (χ1n) is 7.43. The Labute approximate surface area is 136 Å². The second-order valence-electron chi connectivity index (χ2n) is 5.10. The van der Waals surface area contributed by atoms with E-state index in [4.69, 9.17) is 4.74 Å². The predicted molar refractivity (Wildman–Crippen MR) is 93.4 cm³/mol. The van der Waals surface area contributed by atoms with E-state index < -0.39 is 6.10 Å². The summed E-state index contributed by atoms with van der Waals surface area (Å²) >= 11 is 0. The summed E-state index contributed by atoms with van der Waals surface area (Å²) < 4.78 is 5.55. The van der Waals surface area contributed by atoms with Gasteiger partial charge in [-0.2, -0.15) is 5.10 Å². The van der Waals surface area contributed by atoms with E-state index >= 15 is 0 Å². The molecule has 0 aliphatic carbocycles. The molecule has 4 nitrogen and oxygen atoms in total. The zero-order valence-corrected chi connectivity index (χ0v) is 13.3. The van der Waals surface area contributed by atoms with Crippen molar-refractivity contribution < 1.29 is 9.53 Å². The second-order valence-corrected chi connectivity index (χ2v) is 5.10. The molecule has 0 spiro atoms. The number of nitrogens with zero attached hydrogens (tertiary/aromatic N) is 1. The molecule has 0 saturated heterocycles. The van der Waals surface area contributed by atoms with Crippen LogP contribution < -0.4 is 10.2 Å². The Morgan fingerprint density at radius 1 is 1.13 bits per heavy atom. The Hall–Kier alpha value is -2.88. The molecule has 2 rings (SSSR count). The number of hydrogen-bond donors (Lipinski definition) is 1. The van der Waals surface area contributed by atoms with Crippen LogP contribution in [0.5, 0.6) is 5.75 Å². The highest BCUT2D eigenvalue weighted by Gasteiger charge is 2.13. The minimum absolute atomic E-state index is 0.296. The minimum Gasteiger partial charge on any atom is -0.481 e. The van der Waals surface area contributed by atoms with Crippen molar-refractivity contribution in [2.24, 2.45) is 5.10 Å². The zero-order valence-electron chi connectivity index (χ0n) is 13.3. The molecule has 1 N–H and O–H groups in total. The lowest BCUT2D eigenvalue weighted by atomic mass is 10.2. The third-order valence-corrected chi connectivity index (χ3v) is 3.13. The number of nitrogens with one attached hydrogen (secondary N) is 1. The summed E-state index contributed by atoms with van der Waals surface area (Å²) in [5.74, 6) is 0.362. The van der Waals surface area contributed by atoms with Gasteiger partial charge in [0.05, 0.1) is 0 Å². The average Bonchev–Trinajstić information content (AvgIpc) is 2.57. The van der Waals surface area contributed by atoms with Crippen molar-refractivity contribution in [2.75, 3.05) is 0 Å². The van der Waals surface area contributed by atoms with E-state index in [1.165, 1.54) is 6.21 Å². The number of carbonyl (C=O) groups is 1. The number of ether oxygens (including phenoxy) is 1. The van der Waals surface area contributed by atoms with Crippen molar-refractivity contribution in [3.8, 4) is 5.75 Å². The molecule has 0 radical (unpaired) electrons. The van der Waals surface area contributed by atoms with Crippen molar-refractivity contribution in [3.05, 3.63) is 71.8 Å². The fraction of sp³-hybridized carbons (Fsp3) is 0.158. The molecule has 0 bridgehead atoms. The highest BCUT2D eigenvalue weighted by Crippen LogP contribution is 2.13. The van der Waals surface area contributed by atoms with Gasteiger partial charge in [-0.05, 0) is 37.6 Å². The fourth-order valence-electron chi connectivity index (χ4n) is 1.83. The standard InChI is InChI=1S/C19H20N2O2/c1-15-10-12-18(13-11-15)23-16(2)19(22)21-20-14-6-9-17-7-4-3-5-8-17/h3-14,16H,1-2H3,(H,21,22)/b9-6+,20-14?. The van der Waals surface area contributed by atoms with Gasteiger partial charge in [0.15, 0.2) is 6.10 Å². The quantitative estimate of drug-likeness (QED) is 0.655. The number of hydrazone groups is 1. The molecule has 1 unspecified atom stereocenters. The first-order chi connectivity index (χ1) is 11.1. The van der Waals surface area contributed by atoms with E-state index in [9.17, 15) is 4.79 Å². The van der Waals surface area contributed by atoms with E-state index in [2.05, 4.69) is 10.5 Å². The number of hydrogen-bond acceptors (Lipinski definition) is 3. The molecule has 2 aromatic rings. The Balaban J connectivity index is 1.78. The monoisotopic (exact) mass is 308 g/mol. The van der Waals surface area contributed by atoms with Crippen LogP contribution in [0.3, 0.4) is 0 Å². The summed E-state index contributed by atoms with van der Waals surface area (Å²) in [4.78, 5) is 11.9. The summed E-state index contributed by atoms with van der Waals surface area (Å²) in [6.45, 7) is 3.68. The summed E-state index contributed by atoms with van der Waals surface area (Å²) in [6, 6.07) is 17.4. The normalized spacial score (nSPS) is 12.4. The van der Waals surface area contributed by atoms with Crippen LogP contribution in [0.2, 0.25) is 0 Å². The van der Waals surface area contributed by atoms with Crippen molar-refractivity contribution >= 4 is 18.2 Å². The summed E-state index contributed by atoms with van der Waals surface area (Å²) in [5.41, 5.74) is 4.67. The van der Waals surface area contributed by atoms with Gasteiger partial charge in [0.1, 0.15) is 5.75 Å². The summed E-state index contributed by atoms with van der Waals surface area (Å²) in [6.07, 6.45) is 4.58. The number of amides is 1. The molecule has 23 heavy (non-hydrogen) atoms. The van der Waals surface area contributed by atoms with E-state index in [1.54, 1.807) is 13.0 Å². The van der Waals surface area contributed by atoms with E-state index in [0.29, 0.717) is 5.75 Å². The van der Waals surface area contributed by atoms with Crippen LogP contribution in [-0.4, -0.2) is 18.2 Å². The van der Waals surface area contributed by atoms with E-state index in [-0.39, 0.29) is 5.91 Å². The fourth-order valence-corrected chi connectivity index (χ4v) is 1.83. The first-order valence-corrected chi connectivity index (χ1v) is 7.43. The van der Waals surface area contributed by atoms with Gasteiger partial charge in [-0.3, -0.25) is 4.79 Å². The molecule has 0 aliphatic rings. The van der Waals surface area contributed by atoms with Crippen LogP contribution >= 0.6 is 0 Å². The molecule has 0 fully saturated rings. The SMILES string of the molecule is Cc1ccc(OC(C)C(=O)NN=C/C=C/c2ccccc2)cc1. The molecule has 0 saturated carbocycles. The van der Waals surface area contributed by atoms with Gasteiger partial charge in [-0.15, -0.1) is 0 Å². The van der Waals surface area contributed by atoms with Crippen molar-refractivity contribution in [3.63, 3.8) is 0 Å². The van der Waals surface area contributed by atoms with E-state index in [1.807, 2.05) is 67.6 Å². The van der Waals surface area contributed by atoms with Gasteiger partial charge in [0.25, 0.3) is 5.91 Å². The highest BCUT2D eigenvalue weighted by atomic mass is 16.5. The predicted octanol–water partition coefficient (Wildman–Crippen LogP) is 3.58. The van der Waals surface area contributed by atoms with Crippen LogP contribution in [0.4, 0.5) is 0 Å². The van der Waals surface area contributed by atoms with Crippen LogP contribution in [0.25, 0.3) is 6.08 Å². The van der Waals surface area contributed by atoms with Gasteiger partial charge in [0.2, 0.25) is 0 Å². The summed E-state index contributed by atoms with van der Waals surface area (Å²) in [7, 11) is 0. The van der Waals surface area contributed by atoms with Crippen LogP contribution in [0.1, 0.15) is 18.1 Å². The second kappa shape index (κ2) is 8.54. The van der Waals surface area contributed by atoms with Crippen molar-refractivity contribution in [2.45, 2.75) is 20.0 Å². The minimum atomic E-state index is -0.618. The molecule has 1 amide bonds. The molecule has 1 atom stereocenters. The maximum atomic E-state index is 11.9. The van der Waals surface area contributed by atoms with Gasteiger partial charge in [-0.25, -0.2) is 5.43 Å². The van der Waals surface area contributed by atoms with E-state index in [0.717, 1.165) is 11.1 Å². The maximum absolute atomic E-state index is 11.9. The first kappa shape index (κ1) is 16.5. The molecular weight excluding hydrogens is 288 g/mol. The van der Waals surface area contributed by atoms with Crippen molar-refractivity contribution in [1.82, 2.24) is 5.43 Å². The largest absolute Gasteiger partial charge is 0.481 e. The number of allylic oxidation sites excluding steroid dienone is 1. The Morgan fingerprint density at radius 3 is 2.52 bits per heavy atom. The lowest BCUT2D eigenvalue weighted by Crippen LogP contribution is -2.33. The molecule has 0 heterocycles. The number of rotatable bonds is 6. The molecule has 0 aromatic heterocycles. The topological polar surface area (TPSA) is 50.7 Å². The molecule has 0 aliphatic heterocycles. The smallest absolute Gasteiger partial charge is 0.280 e.